The summed E-state index contributed by atoms with van der Waals surface area (Å²) in [4.78, 5) is 28.8. The van der Waals surface area contributed by atoms with Gasteiger partial charge in [0.2, 0.25) is 8.41 Å². The summed E-state index contributed by atoms with van der Waals surface area (Å²) < 4.78 is 28.9. The third kappa shape index (κ3) is 4.51. The lowest BCUT2D eigenvalue weighted by atomic mass is 9.82. The van der Waals surface area contributed by atoms with Gasteiger partial charge < -0.3 is 23.6 Å². The molecule has 39 heavy (non-hydrogen) atoms. The van der Waals surface area contributed by atoms with E-state index in [-0.39, 0.29) is 36.8 Å². The number of aromatic nitrogens is 1. The van der Waals surface area contributed by atoms with Gasteiger partial charge in [-0.3, -0.25) is 14.2 Å². The Bertz CT molecular complexity index is 1470. The fourth-order valence-electron chi connectivity index (χ4n) is 6.39. The predicted molar refractivity (Wildman–Crippen MR) is 151 cm³/mol. The smallest absolute Gasteiger partial charge is 0.297 e. The molecule has 2 aromatic carbocycles. The quantitative estimate of drug-likeness (QED) is 0.312. The first-order valence-corrected chi connectivity index (χ1v) is 16.3. The molecule has 1 aromatic heterocycles. The van der Waals surface area contributed by atoms with E-state index >= 15 is 4.11 Å². The molecule has 0 unspecified atom stereocenters. The van der Waals surface area contributed by atoms with Crippen LogP contribution in [0.2, 0.25) is 23.7 Å². The fraction of sp³-hybridized carbons (Fsp3) is 0.379. The van der Waals surface area contributed by atoms with E-state index in [0.29, 0.717) is 22.0 Å². The molecule has 10 heteroatoms. The van der Waals surface area contributed by atoms with Crippen LogP contribution in [0.1, 0.15) is 24.5 Å². The molecule has 1 spiro atoms. The first-order valence-electron chi connectivity index (χ1n) is 13.0. The number of rotatable bonds is 7. The zero-order valence-corrected chi connectivity index (χ0v) is 24.1. The normalized spacial score (nSPS) is 24.4. The fourth-order valence-corrected chi connectivity index (χ4v) is 9.11. The lowest BCUT2D eigenvalue weighted by Crippen LogP contribution is -2.45. The van der Waals surface area contributed by atoms with Crippen LogP contribution in [0.15, 0.2) is 65.6 Å². The van der Waals surface area contributed by atoms with Gasteiger partial charge in [0.15, 0.2) is 11.4 Å². The second-order valence-electron chi connectivity index (χ2n) is 10.8. The number of pyridine rings is 1. The van der Waals surface area contributed by atoms with Crippen molar-refractivity contribution in [3.05, 3.63) is 87.3 Å². The number of anilines is 1. The van der Waals surface area contributed by atoms with Gasteiger partial charge in [0.25, 0.3) is 11.5 Å². The average Bonchev–Trinajstić information content (AvgIpc) is 3.31. The Labute approximate surface area is 232 Å². The number of hydrogen-bond acceptors (Lipinski definition) is 5. The van der Waals surface area contributed by atoms with Gasteiger partial charge in [-0.1, -0.05) is 30.7 Å². The number of aliphatic hydroxyl groups excluding tert-OH is 1. The van der Waals surface area contributed by atoms with Crippen LogP contribution in [0.25, 0.3) is 5.69 Å². The summed E-state index contributed by atoms with van der Waals surface area (Å²) in [5.74, 6) is -0.513. The summed E-state index contributed by atoms with van der Waals surface area (Å²) in [6, 6.07) is 16.0. The molecule has 1 saturated heterocycles. The third-order valence-corrected chi connectivity index (χ3v) is 10.7. The Balaban J connectivity index is 1.56. The molecule has 1 N–H and O–H groups in total. The van der Waals surface area contributed by atoms with Gasteiger partial charge in [0.05, 0.1) is 25.4 Å². The van der Waals surface area contributed by atoms with Crippen molar-refractivity contribution in [2.24, 2.45) is 5.92 Å². The highest BCUT2D eigenvalue weighted by Gasteiger charge is 2.66. The number of carbonyl (C=O) groups excluding carboxylic acids is 1. The van der Waals surface area contributed by atoms with Gasteiger partial charge in [-0.2, -0.15) is 0 Å². The van der Waals surface area contributed by atoms with Crippen LogP contribution >= 0.6 is 11.6 Å². The van der Waals surface area contributed by atoms with Crippen LogP contribution in [0.3, 0.4) is 0 Å². The van der Waals surface area contributed by atoms with Crippen molar-refractivity contribution in [1.82, 2.24) is 4.57 Å². The first kappa shape index (κ1) is 27.6. The number of nitrogens with zero attached hydrogens (tertiary/aromatic N) is 2. The SMILES string of the molecule is COc1cccn(-c2cccc(CN3C(=O)[C@]4(O[C@H](CCO)[C@@H]([Si](C)(C)F)[C@@H]4C)c4cc(Cl)ccc43)c2)c1=O. The minimum atomic E-state index is -3.28. The van der Waals surface area contributed by atoms with Gasteiger partial charge in [0, 0.05) is 40.5 Å². The van der Waals surface area contributed by atoms with Gasteiger partial charge in [-0.15, -0.1) is 0 Å². The van der Waals surface area contributed by atoms with Gasteiger partial charge in [-0.05, 0) is 67.5 Å². The highest BCUT2D eigenvalue weighted by Crippen LogP contribution is 2.60. The highest BCUT2D eigenvalue weighted by atomic mass is 35.5. The molecule has 1 amide bonds. The van der Waals surface area contributed by atoms with E-state index in [1.807, 2.05) is 31.2 Å². The zero-order valence-electron chi connectivity index (χ0n) is 22.4. The number of fused-ring (bicyclic) bond motifs is 2. The number of ether oxygens (including phenoxy) is 2. The van der Waals surface area contributed by atoms with Crippen LogP contribution in [-0.4, -0.2) is 43.8 Å². The Morgan fingerprint density at radius 1 is 1.15 bits per heavy atom. The molecule has 7 nitrogen and oxygen atoms in total. The summed E-state index contributed by atoms with van der Waals surface area (Å²) in [5.41, 5.74) is 0.528. The maximum Gasteiger partial charge on any atom is 0.297 e. The average molecular weight is 571 g/mol. The van der Waals surface area contributed by atoms with Crippen molar-refractivity contribution >= 4 is 31.6 Å². The highest BCUT2D eigenvalue weighted by molar-refractivity contribution is 6.72. The maximum atomic E-state index is 15.7. The van der Waals surface area contributed by atoms with E-state index in [1.165, 1.54) is 11.7 Å². The van der Waals surface area contributed by atoms with Crippen molar-refractivity contribution in [2.45, 2.75) is 50.2 Å². The molecular formula is C29H32ClFN2O5Si. The third-order valence-electron chi connectivity index (χ3n) is 8.00. The molecule has 3 heterocycles. The lowest BCUT2D eigenvalue weighted by molar-refractivity contribution is -0.146. The van der Waals surface area contributed by atoms with E-state index in [0.717, 1.165) is 5.56 Å². The summed E-state index contributed by atoms with van der Waals surface area (Å²) in [5, 5.41) is 10.2. The molecule has 0 bridgehead atoms. The lowest BCUT2D eigenvalue weighted by Gasteiger charge is -2.31. The van der Waals surface area contributed by atoms with Crippen molar-refractivity contribution in [1.29, 1.82) is 0 Å². The van der Waals surface area contributed by atoms with Gasteiger partial charge >= 0.3 is 0 Å². The summed E-state index contributed by atoms with van der Waals surface area (Å²) >= 11 is 6.41. The van der Waals surface area contributed by atoms with Crippen LogP contribution in [0.4, 0.5) is 9.80 Å². The van der Waals surface area contributed by atoms with Crippen molar-refractivity contribution in [3.8, 4) is 11.4 Å². The number of hydrogen-bond donors (Lipinski definition) is 1. The Morgan fingerprint density at radius 3 is 2.62 bits per heavy atom. The first-order chi connectivity index (χ1) is 18.5. The molecule has 206 valence electrons. The number of aliphatic hydroxyl groups is 1. The van der Waals surface area contributed by atoms with Crippen LogP contribution in [-0.2, 0) is 21.7 Å². The number of amides is 1. The van der Waals surface area contributed by atoms with E-state index in [4.69, 9.17) is 21.1 Å². The molecule has 2 aliphatic rings. The number of methoxy groups -OCH3 is 1. The van der Waals surface area contributed by atoms with Gasteiger partial charge in [0.1, 0.15) is 0 Å². The Hall–Kier alpha value is -2.98. The van der Waals surface area contributed by atoms with Crippen LogP contribution in [0.5, 0.6) is 5.75 Å². The second-order valence-corrected chi connectivity index (χ2v) is 15.0. The molecule has 0 radical (unpaired) electrons. The minimum absolute atomic E-state index is 0.162. The van der Waals surface area contributed by atoms with Gasteiger partial charge in [-0.25, -0.2) is 0 Å². The molecule has 3 aromatic rings. The minimum Gasteiger partial charge on any atom is -0.491 e. The number of halogens is 2. The Morgan fingerprint density at radius 2 is 1.92 bits per heavy atom. The summed E-state index contributed by atoms with van der Waals surface area (Å²) in [6.07, 6.45) is 1.32. The molecular weight excluding hydrogens is 539 g/mol. The molecule has 2 aliphatic heterocycles. The van der Waals surface area contributed by atoms with E-state index in [2.05, 4.69) is 0 Å². The predicted octanol–water partition coefficient (Wildman–Crippen LogP) is 5.20. The topological polar surface area (TPSA) is 81.0 Å². The van der Waals surface area contributed by atoms with Crippen LogP contribution in [0, 0.1) is 5.92 Å². The molecule has 0 aliphatic carbocycles. The molecule has 0 saturated carbocycles. The van der Waals surface area contributed by atoms with Crippen LogP contribution < -0.4 is 15.2 Å². The van der Waals surface area contributed by atoms with Crippen molar-refractivity contribution < 1.29 is 23.5 Å². The molecule has 4 atom stereocenters. The Kier molecular flexibility index (Phi) is 7.22. The number of benzene rings is 2. The maximum absolute atomic E-state index is 15.7. The monoisotopic (exact) mass is 570 g/mol. The summed E-state index contributed by atoms with van der Waals surface area (Å²) in [6.45, 7) is 5.18. The molecule has 5 rings (SSSR count). The van der Waals surface area contributed by atoms with E-state index < -0.39 is 31.6 Å². The molecule has 1 fully saturated rings. The van der Waals surface area contributed by atoms with Crippen molar-refractivity contribution in [3.63, 3.8) is 0 Å². The zero-order chi connectivity index (χ0) is 28.1. The summed E-state index contributed by atoms with van der Waals surface area (Å²) in [7, 11) is -1.83. The standard InChI is InChI=1S/C29H32ClFN2O5Si/c1-18-26(39(3,4)31)24(12-14-34)38-29(18)22-16-20(30)10-11-23(22)33(28(29)36)17-19-7-5-8-21(15-19)32-13-6-9-25(37-2)27(32)35/h5-11,13,15-16,18,24,26,34H,12,14,17H2,1-4H3/t18-,24+,26-,29+/m0/s1. The van der Waals surface area contributed by atoms with Crippen molar-refractivity contribution in [2.75, 3.05) is 18.6 Å². The largest absolute Gasteiger partial charge is 0.491 e. The van der Waals surface area contributed by atoms with E-state index in [9.17, 15) is 14.7 Å². The second kappa shape index (κ2) is 10.2. The number of carbonyl (C=O) groups is 1. The van der Waals surface area contributed by atoms with E-state index in [1.54, 1.807) is 54.5 Å².